The number of aliphatic hydroxyl groups excluding tert-OH is 1. The molecular weight excluding hydrogens is 402 g/mol. The summed E-state index contributed by atoms with van der Waals surface area (Å²) in [5.74, 6) is -2.19. The van der Waals surface area contributed by atoms with Crippen molar-refractivity contribution in [3.8, 4) is 0 Å². The zero-order valence-corrected chi connectivity index (χ0v) is 18.5. The zero-order chi connectivity index (χ0) is 23.4. The summed E-state index contributed by atoms with van der Waals surface area (Å²) >= 11 is 0. The Balaban J connectivity index is 2.89. The van der Waals surface area contributed by atoms with Gasteiger partial charge in [0.05, 0.1) is 13.7 Å². The van der Waals surface area contributed by atoms with E-state index in [0.29, 0.717) is 19.3 Å². The summed E-state index contributed by atoms with van der Waals surface area (Å²) in [6.07, 6.45) is 1.23. The Hall–Kier alpha value is -2.94. The highest BCUT2D eigenvalue weighted by molar-refractivity contribution is 5.93. The van der Waals surface area contributed by atoms with Crippen LogP contribution in [0.2, 0.25) is 0 Å². The Labute approximate surface area is 182 Å². The van der Waals surface area contributed by atoms with E-state index in [9.17, 15) is 24.3 Å². The molecule has 0 saturated heterocycles. The van der Waals surface area contributed by atoms with Crippen LogP contribution in [0, 0.1) is 5.92 Å². The SMILES string of the molecule is COC(=O)[C@H](CO)NC(=O)[C@H](CC(C)C)NC(=O)[C@H](CCc1ccccc1)NC(C)=O. The van der Waals surface area contributed by atoms with Gasteiger partial charge in [0.2, 0.25) is 17.7 Å². The Morgan fingerprint density at radius 1 is 0.935 bits per heavy atom. The van der Waals surface area contributed by atoms with Gasteiger partial charge < -0.3 is 25.8 Å². The number of methoxy groups -OCH3 is 1. The number of nitrogens with one attached hydrogen (secondary N) is 3. The lowest BCUT2D eigenvalue weighted by molar-refractivity contribution is -0.146. The minimum atomic E-state index is -1.23. The van der Waals surface area contributed by atoms with Gasteiger partial charge in [0, 0.05) is 6.92 Å². The number of benzene rings is 1. The molecule has 0 unspecified atom stereocenters. The summed E-state index contributed by atoms with van der Waals surface area (Å²) in [6, 6.07) is 6.54. The molecule has 3 atom stereocenters. The van der Waals surface area contributed by atoms with E-state index in [-0.39, 0.29) is 11.8 Å². The van der Waals surface area contributed by atoms with Crippen LogP contribution in [0.4, 0.5) is 0 Å². The second-order valence-electron chi connectivity index (χ2n) is 7.74. The first-order chi connectivity index (χ1) is 14.7. The molecule has 1 rings (SSSR count). The highest BCUT2D eigenvalue weighted by Gasteiger charge is 2.29. The van der Waals surface area contributed by atoms with Gasteiger partial charge in [-0.15, -0.1) is 0 Å². The smallest absolute Gasteiger partial charge is 0.330 e. The van der Waals surface area contributed by atoms with E-state index in [1.54, 1.807) is 0 Å². The molecule has 0 heterocycles. The molecule has 9 nitrogen and oxygen atoms in total. The minimum Gasteiger partial charge on any atom is -0.467 e. The zero-order valence-electron chi connectivity index (χ0n) is 18.5. The first-order valence-electron chi connectivity index (χ1n) is 10.3. The Morgan fingerprint density at radius 2 is 1.52 bits per heavy atom. The lowest BCUT2D eigenvalue weighted by Crippen LogP contribution is -2.56. The van der Waals surface area contributed by atoms with Crippen LogP contribution in [0.1, 0.15) is 39.2 Å². The van der Waals surface area contributed by atoms with Crippen LogP contribution in [0.25, 0.3) is 0 Å². The van der Waals surface area contributed by atoms with Crippen molar-refractivity contribution in [2.45, 2.75) is 58.2 Å². The number of ether oxygens (including phenoxy) is 1. The van der Waals surface area contributed by atoms with Gasteiger partial charge >= 0.3 is 5.97 Å². The molecule has 0 radical (unpaired) electrons. The molecule has 1 aromatic rings. The molecule has 0 aromatic heterocycles. The van der Waals surface area contributed by atoms with Gasteiger partial charge in [-0.3, -0.25) is 14.4 Å². The molecule has 4 N–H and O–H groups in total. The molecule has 172 valence electrons. The number of carbonyl (C=O) groups is 4. The molecule has 1 aromatic carbocycles. The van der Waals surface area contributed by atoms with Crippen molar-refractivity contribution in [2.75, 3.05) is 13.7 Å². The maximum Gasteiger partial charge on any atom is 0.330 e. The number of esters is 1. The Kier molecular flexibility index (Phi) is 11.3. The van der Waals surface area contributed by atoms with Gasteiger partial charge in [-0.25, -0.2) is 4.79 Å². The van der Waals surface area contributed by atoms with Gasteiger partial charge in [-0.05, 0) is 30.7 Å². The van der Waals surface area contributed by atoms with Gasteiger partial charge in [-0.2, -0.15) is 0 Å². The second-order valence-corrected chi connectivity index (χ2v) is 7.74. The van der Waals surface area contributed by atoms with E-state index in [1.165, 1.54) is 6.92 Å². The maximum absolute atomic E-state index is 12.9. The normalized spacial score (nSPS) is 13.6. The number of hydrogen-bond donors (Lipinski definition) is 4. The second kappa shape index (κ2) is 13.4. The summed E-state index contributed by atoms with van der Waals surface area (Å²) in [4.78, 5) is 48.9. The highest BCUT2D eigenvalue weighted by atomic mass is 16.5. The number of aryl methyl sites for hydroxylation is 1. The fourth-order valence-corrected chi connectivity index (χ4v) is 3.04. The van der Waals surface area contributed by atoms with Crippen LogP contribution in [-0.4, -0.2) is 60.6 Å². The van der Waals surface area contributed by atoms with Crippen LogP contribution >= 0.6 is 0 Å². The standard InChI is InChI=1S/C22H33N3O6/c1-14(2)12-18(21(29)25-19(13-26)22(30)31-4)24-20(28)17(23-15(3)27)11-10-16-8-6-5-7-9-16/h5-9,14,17-19,26H,10-13H2,1-4H3,(H,23,27)(H,24,28)(H,25,29)/t17-,18-,19-/m0/s1. The summed E-state index contributed by atoms with van der Waals surface area (Å²) in [6.45, 7) is 4.46. The largest absolute Gasteiger partial charge is 0.467 e. The molecule has 0 fully saturated rings. The molecule has 3 amide bonds. The lowest BCUT2D eigenvalue weighted by Gasteiger charge is -2.25. The van der Waals surface area contributed by atoms with Gasteiger partial charge in [0.1, 0.15) is 12.1 Å². The third-order valence-electron chi connectivity index (χ3n) is 4.58. The molecular formula is C22H33N3O6. The molecule has 0 aliphatic rings. The molecule has 9 heteroatoms. The first kappa shape index (κ1) is 26.1. The van der Waals surface area contributed by atoms with Crippen molar-refractivity contribution in [1.82, 2.24) is 16.0 Å². The van der Waals surface area contributed by atoms with E-state index in [4.69, 9.17) is 0 Å². The third kappa shape index (κ3) is 9.61. The van der Waals surface area contributed by atoms with E-state index in [1.807, 2.05) is 44.2 Å². The first-order valence-corrected chi connectivity index (χ1v) is 10.3. The van der Waals surface area contributed by atoms with Crippen molar-refractivity contribution in [1.29, 1.82) is 0 Å². The molecule has 0 aliphatic carbocycles. The monoisotopic (exact) mass is 435 g/mol. The Morgan fingerprint density at radius 3 is 2.03 bits per heavy atom. The maximum atomic E-state index is 12.9. The van der Waals surface area contributed by atoms with Crippen molar-refractivity contribution >= 4 is 23.7 Å². The van der Waals surface area contributed by atoms with Crippen molar-refractivity contribution in [2.24, 2.45) is 5.92 Å². The van der Waals surface area contributed by atoms with Crippen LogP contribution < -0.4 is 16.0 Å². The topological polar surface area (TPSA) is 134 Å². The fraction of sp³-hybridized carbons (Fsp3) is 0.545. The number of aliphatic hydroxyl groups is 1. The van der Waals surface area contributed by atoms with Gasteiger partial charge in [0.25, 0.3) is 0 Å². The molecule has 0 bridgehead atoms. The average molecular weight is 436 g/mol. The van der Waals surface area contributed by atoms with Crippen LogP contribution in [0.3, 0.4) is 0 Å². The predicted octanol–water partition coefficient (Wildman–Crippen LogP) is 0.305. The quantitative estimate of drug-likeness (QED) is 0.349. The number of hydrogen-bond acceptors (Lipinski definition) is 6. The summed E-state index contributed by atoms with van der Waals surface area (Å²) in [5.41, 5.74) is 1.02. The predicted molar refractivity (Wildman–Crippen MR) is 115 cm³/mol. The Bertz CT molecular complexity index is 738. The van der Waals surface area contributed by atoms with Crippen molar-refractivity contribution in [3.63, 3.8) is 0 Å². The number of amides is 3. The van der Waals surface area contributed by atoms with E-state index in [0.717, 1.165) is 12.7 Å². The van der Waals surface area contributed by atoms with Gasteiger partial charge in [-0.1, -0.05) is 44.2 Å². The minimum absolute atomic E-state index is 0.0605. The average Bonchev–Trinajstić information content (AvgIpc) is 2.73. The van der Waals surface area contributed by atoms with Gasteiger partial charge in [0.15, 0.2) is 6.04 Å². The molecule has 0 spiro atoms. The summed E-state index contributed by atoms with van der Waals surface area (Å²) in [7, 11) is 1.15. The number of carbonyl (C=O) groups excluding carboxylic acids is 4. The van der Waals surface area contributed by atoms with Crippen LogP contribution in [-0.2, 0) is 30.3 Å². The van der Waals surface area contributed by atoms with Crippen molar-refractivity contribution < 1.29 is 29.0 Å². The van der Waals surface area contributed by atoms with E-state index in [2.05, 4.69) is 20.7 Å². The summed E-state index contributed by atoms with van der Waals surface area (Å²) in [5, 5.41) is 17.0. The molecule has 0 aliphatic heterocycles. The van der Waals surface area contributed by atoms with Crippen LogP contribution in [0.15, 0.2) is 30.3 Å². The third-order valence-corrected chi connectivity index (χ3v) is 4.58. The summed E-state index contributed by atoms with van der Waals surface area (Å²) < 4.78 is 4.55. The molecule has 0 saturated carbocycles. The lowest BCUT2D eigenvalue weighted by atomic mass is 10.0. The van der Waals surface area contributed by atoms with Crippen molar-refractivity contribution in [3.05, 3.63) is 35.9 Å². The van der Waals surface area contributed by atoms with E-state index >= 15 is 0 Å². The highest BCUT2D eigenvalue weighted by Crippen LogP contribution is 2.09. The fourth-order valence-electron chi connectivity index (χ4n) is 3.04. The van der Waals surface area contributed by atoms with E-state index < -0.39 is 42.5 Å². The number of rotatable bonds is 12. The molecule has 31 heavy (non-hydrogen) atoms. The van der Waals surface area contributed by atoms with Crippen LogP contribution in [0.5, 0.6) is 0 Å².